The number of rotatable bonds is 4. The number of thiazole rings is 1. The van der Waals surface area contributed by atoms with Crippen LogP contribution in [-0.4, -0.2) is 45.0 Å². The molecule has 3 aromatic rings. The Bertz CT molecular complexity index is 1100. The lowest BCUT2D eigenvalue weighted by Gasteiger charge is -2.25. The van der Waals surface area contributed by atoms with Crippen LogP contribution in [0.15, 0.2) is 29.3 Å². The number of benzene rings is 1. The van der Waals surface area contributed by atoms with E-state index in [0.29, 0.717) is 16.0 Å². The number of nitrogens with one attached hydrogen (secondary N) is 1. The van der Waals surface area contributed by atoms with Crippen LogP contribution in [0.25, 0.3) is 10.3 Å². The Kier molecular flexibility index (Phi) is 5.51. The Balaban J connectivity index is 1.53. The van der Waals surface area contributed by atoms with E-state index in [1.165, 1.54) is 34.4 Å². The van der Waals surface area contributed by atoms with E-state index in [1.54, 1.807) is 0 Å². The van der Waals surface area contributed by atoms with Gasteiger partial charge >= 0.3 is 0 Å². The van der Waals surface area contributed by atoms with E-state index in [9.17, 15) is 14.0 Å². The van der Waals surface area contributed by atoms with Crippen LogP contribution in [0.2, 0.25) is 5.02 Å². The molecule has 1 aliphatic heterocycles. The molecule has 0 radical (unpaired) electrons. The standard InChI is InChI=1S/C17H15ClFN5O2S2/c18-11-7-10(1-2-12(11)19)21-13(25)8-24-9-20-15-14(16(24)26)28-17(22-15)23-3-5-27-6-4-23/h1-2,7,9H,3-6,8H2,(H,21,25). The third-order valence-corrected chi connectivity index (χ3v) is 6.50. The zero-order valence-electron chi connectivity index (χ0n) is 14.5. The maximum Gasteiger partial charge on any atom is 0.273 e. The normalized spacial score (nSPS) is 14.4. The van der Waals surface area contributed by atoms with Gasteiger partial charge in [0, 0.05) is 30.3 Å². The smallest absolute Gasteiger partial charge is 0.273 e. The minimum Gasteiger partial charge on any atom is -0.346 e. The van der Waals surface area contributed by atoms with Crippen LogP contribution in [0.1, 0.15) is 0 Å². The monoisotopic (exact) mass is 439 g/mol. The number of halogens is 2. The summed E-state index contributed by atoms with van der Waals surface area (Å²) in [5.41, 5.74) is 0.430. The van der Waals surface area contributed by atoms with Crippen molar-refractivity contribution < 1.29 is 9.18 Å². The summed E-state index contributed by atoms with van der Waals surface area (Å²) in [6.45, 7) is 1.56. The second-order valence-corrected chi connectivity index (χ2v) is 8.71. The van der Waals surface area contributed by atoms with Crippen LogP contribution in [0.4, 0.5) is 15.2 Å². The van der Waals surface area contributed by atoms with Gasteiger partial charge in [0.15, 0.2) is 10.8 Å². The van der Waals surface area contributed by atoms with Crippen LogP contribution >= 0.6 is 34.7 Å². The highest BCUT2D eigenvalue weighted by Crippen LogP contribution is 2.27. The highest BCUT2D eigenvalue weighted by Gasteiger charge is 2.18. The quantitative estimate of drug-likeness (QED) is 0.673. The van der Waals surface area contributed by atoms with Crippen LogP contribution in [-0.2, 0) is 11.3 Å². The molecule has 7 nitrogen and oxygen atoms in total. The van der Waals surface area contributed by atoms with Gasteiger partial charge in [-0.1, -0.05) is 22.9 Å². The first-order valence-electron chi connectivity index (χ1n) is 8.45. The molecule has 2 aromatic heterocycles. The van der Waals surface area contributed by atoms with Crippen molar-refractivity contribution in [2.75, 3.05) is 34.8 Å². The van der Waals surface area contributed by atoms with E-state index in [2.05, 4.69) is 20.2 Å². The molecule has 4 rings (SSSR count). The number of anilines is 2. The number of aromatic nitrogens is 3. The molecule has 0 bridgehead atoms. The summed E-state index contributed by atoms with van der Waals surface area (Å²) in [7, 11) is 0. The molecule has 1 saturated heterocycles. The third kappa shape index (κ3) is 3.98. The number of carbonyl (C=O) groups excluding carboxylic acids is 1. The largest absolute Gasteiger partial charge is 0.346 e. The van der Waals surface area contributed by atoms with Crippen LogP contribution in [0.5, 0.6) is 0 Å². The first-order chi connectivity index (χ1) is 13.5. The zero-order valence-corrected chi connectivity index (χ0v) is 16.9. The molecule has 1 amide bonds. The van der Waals surface area contributed by atoms with Gasteiger partial charge in [-0.2, -0.15) is 16.7 Å². The molecule has 0 unspecified atom stereocenters. The van der Waals surface area contributed by atoms with Crippen LogP contribution in [0, 0.1) is 5.82 Å². The molecule has 1 N–H and O–H groups in total. The van der Waals surface area contributed by atoms with Gasteiger partial charge in [-0.25, -0.2) is 9.37 Å². The van der Waals surface area contributed by atoms with E-state index < -0.39 is 11.7 Å². The van der Waals surface area contributed by atoms with Gasteiger partial charge < -0.3 is 10.2 Å². The molecule has 3 heterocycles. The van der Waals surface area contributed by atoms with Crippen molar-refractivity contribution in [1.82, 2.24) is 14.5 Å². The fourth-order valence-electron chi connectivity index (χ4n) is 2.77. The number of amides is 1. The lowest BCUT2D eigenvalue weighted by atomic mass is 10.3. The summed E-state index contributed by atoms with van der Waals surface area (Å²) >= 11 is 8.91. The molecule has 1 aliphatic rings. The van der Waals surface area contributed by atoms with Crippen molar-refractivity contribution >= 4 is 61.8 Å². The highest BCUT2D eigenvalue weighted by molar-refractivity contribution is 7.99. The number of fused-ring (bicyclic) bond motifs is 1. The van der Waals surface area contributed by atoms with E-state index in [4.69, 9.17) is 11.6 Å². The molecule has 11 heteroatoms. The predicted molar refractivity (Wildman–Crippen MR) is 111 cm³/mol. The van der Waals surface area contributed by atoms with Crippen molar-refractivity contribution in [1.29, 1.82) is 0 Å². The first kappa shape index (κ1) is 19.2. The van der Waals surface area contributed by atoms with Crippen LogP contribution < -0.4 is 15.8 Å². The number of thioether (sulfide) groups is 1. The maximum absolute atomic E-state index is 13.2. The van der Waals surface area contributed by atoms with Crippen molar-refractivity contribution in [2.24, 2.45) is 0 Å². The summed E-state index contributed by atoms with van der Waals surface area (Å²) in [5.74, 6) is 1.05. The first-order valence-corrected chi connectivity index (χ1v) is 10.8. The number of hydrogen-bond acceptors (Lipinski definition) is 7. The maximum atomic E-state index is 13.2. The van der Waals surface area contributed by atoms with Gasteiger partial charge in [-0.3, -0.25) is 14.2 Å². The SMILES string of the molecule is O=C(Cn1cnc2nc(N3CCSCC3)sc2c1=O)Nc1ccc(F)c(Cl)c1. The molecule has 28 heavy (non-hydrogen) atoms. The van der Waals surface area contributed by atoms with E-state index in [-0.39, 0.29) is 17.1 Å². The topological polar surface area (TPSA) is 80.1 Å². The van der Waals surface area contributed by atoms with Gasteiger partial charge in [-0.05, 0) is 18.2 Å². The molecule has 1 aromatic carbocycles. The van der Waals surface area contributed by atoms with Crippen molar-refractivity contribution in [2.45, 2.75) is 6.54 Å². The average Bonchev–Trinajstić information content (AvgIpc) is 3.13. The Morgan fingerprint density at radius 1 is 1.32 bits per heavy atom. The number of hydrogen-bond donors (Lipinski definition) is 1. The second-order valence-electron chi connectivity index (χ2n) is 6.10. The Morgan fingerprint density at radius 2 is 2.11 bits per heavy atom. The van der Waals surface area contributed by atoms with Crippen molar-refractivity contribution in [3.63, 3.8) is 0 Å². The van der Waals surface area contributed by atoms with Gasteiger partial charge in [0.2, 0.25) is 5.91 Å². The fraction of sp³-hybridized carbons (Fsp3) is 0.294. The summed E-state index contributed by atoms with van der Waals surface area (Å²) in [6, 6.07) is 3.87. The lowest BCUT2D eigenvalue weighted by Crippen LogP contribution is -2.32. The zero-order chi connectivity index (χ0) is 19.7. The number of carbonyl (C=O) groups is 1. The summed E-state index contributed by atoms with van der Waals surface area (Å²) < 4.78 is 14.9. The van der Waals surface area contributed by atoms with E-state index in [0.717, 1.165) is 35.8 Å². The van der Waals surface area contributed by atoms with Gasteiger partial charge in [-0.15, -0.1) is 0 Å². The molecule has 1 fully saturated rings. The summed E-state index contributed by atoms with van der Waals surface area (Å²) in [5, 5.41) is 3.28. The van der Waals surface area contributed by atoms with Crippen molar-refractivity contribution in [3.8, 4) is 0 Å². The third-order valence-electron chi connectivity index (χ3n) is 4.17. The average molecular weight is 440 g/mol. The Morgan fingerprint density at radius 3 is 2.86 bits per heavy atom. The van der Waals surface area contributed by atoms with Crippen LogP contribution in [0.3, 0.4) is 0 Å². The lowest BCUT2D eigenvalue weighted by molar-refractivity contribution is -0.116. The highest BCUT2D eigenvalue weighted by atomic mass is 35.5. The molecular formula is C17H15ClFN5O2S2. The second kappa shape index (κ2) is 8.06. The van der Waals surface area contributed by atoms with Gasteiger partial charge in [0.05, 0.1) is 5.02 Å². The van der Waals surface area contributed by atoms with E-state index >= 15 is 0 Å². The van der Waals surface area contributed by atoms with Gasteiger partial charge in [0.1, 0.15) is 23.4 Å². The minimum absolute atomic E-state index is 0.0913. The number of nitrogens with zero attached hydrogens (tertiary/aromatic N) is 4. The summed E-state index contributed by atoms with van der Waals surface area (Å²) in [4.78, 5) is 35.8. The summed E-state index contributed by atoms with van der Waals surface area (Å²) in [6.07, 6.45) is 1.32. The molecule has 0 atom stereocenters. The molecule has 0 aliphatic carbocycles. The predicted octanol–water partition coefficient (Wildman–Crippen LogP) is 2.84. The Labute approximate surface area is 172 Å². The fourth-order valence-corrected chi connectivity index (χ4v) is 4.87. The Hall–Kier alpha value is -2.17. The van der Waals surface area contributed by atoms with Gasteiger partial charge in [0.25, 0.3) is 5.56 Å². The molecule has 146 valence electrons. The van der Waals surface area contributed by atoms with Crippen molar-refractivity contribution in [3.05, 3.63) is 45.7 Å². The molecule has 0 saturated carbocycles. The minimum atomic E-state index is -0.571. The van der Waals surface area contributed by atoms with E-state index in [1.807, 2.05) is 11.8 Å². The molecular weight excluding hydrogens is 425 g/mol. The molecule has 0 spiro atoms.